The number of hydrogen-bond donors (Lipinski definition) is 3. The lowest BCUT2D eigenvalue weighted by molar-refractivity contribution is 0.0696. The van der Waals surface area contributed by atoms with Crippen LogP contribution in [0.3, 0.4) is 0 Å². The molecular formula is C20H18FN7O2. The van der Waals surface area contributed by atoms with E-state index in [0.29, 0.717) is 22.5 Å². The number of nitriles is 1. The number of benzene rings is 1. The van der Waals surface area contributed by atoms with Gasteiger partial charge in [0.15, 0.2) is 5.82 Å². The molecule has 0 bridgehead atoms. The number of H-pyrrole nitrogens is 1. The summed E-state index contributed by atoms with van der Waals surface area (Å²) in [7, 11) is 1.68. The van der Waals surface area contributed by atoms with E-state index in [0.717, 1.165) is 4.57 Å². The molecule has 3 heterocycles. The number of aromatic nitrogens is 5. The molecule has 10 heteroatoms. The summed E-state index contributed by atoms with van der Waals surface area (Å²) in [5.41, 5.74) is 5.58. The normalized spacial score (nSPS) is 11.7. The van der Waals surface area contributed by atoms with Gasteiger partial charge in [-0.15, -0.1) is 0 Å². The molecule has 1 aromatic carbocycles. The average molecular weight is 407 g/mol. The number of hydrogen-bond acceptors (Lipinski definition) is 6. The molecule has 0 spiro atoms. The third-order valence-electron chi connectivity index (χ3n) is 4.89. The van der Waals surface area contributed by atoms with Gasteiger partial charge >= 0.3 is 0 Å². The van der Waals surface area contributed by atoms with Crippen molar-refractivity contribution in [3.05, 3.63) is 57.9 Å². The summed E-state index contributed by atoms with van der Waals surface area (Å²) in [5.74, 6) is -0.791. The van der Waals surface area contributed by atoms with E-state index < -0.39 is 17.0 Å². The second-order valence-corrected chi connectivity index (χ2v) is 7.42. The van der Waals surface area contributed by atoms with Crippen molar-refractivity contribution < 1.29 is 9.50 Å². The monoisotopic (exact) mass is 407 g/mol. The number of nitrogens with one attached hydrogen (secondary N) is 1. The van der Waals surface area contributed by atoms with Gasteiger partial charge in [0, 0.05) is 18.8 Å². The SMILES string of the molecule is Cn1nc(-c2cn(-c3c(F)cccc3C#N)c(=O)c3c(N)n[nH]c23)cc1C(C)(C)O. The van der Waals surface area contributed by atoms with Crippen molar-refractivity contribution in [2.24, 2.45) is 7.05 Å². The van der Waals surface area contributed by atoms with Crippen LogP contribution >= 0.6 is 0 Å². The smallest absolute Gasteiger partial charge is 0.268 e. The maximum absolute atomic E-state index is 14.7. The number of aromatic amines is 1. The molecule has 0 radical (unpaired) electrons. The number of rotatable bonds is 3. The first kappa shape index (κ1) is 19.4. The van der Waals surface area contributed by atoms with Gasteiger partial charge in [-0.1, -0.05) is 6.07 Å². The van der Waals surface area contributed by atoms with Crippen LogP contribution in [-0.4, -0.2) is 29.7 Å². The number of nitrogen functional groups attached to an aromatic ring is 1. The molecule has 30 heavy (non-hydrogen) atoms. The van der Waals surface area contributed by atoms with Gasteiger partial charge in [0.1, 0.15) is 28.6 Å². The molecule has 4 N–H and O–H groups in total. The Morgan fingerprint density at radius 3 is 2.73 bits per heavy atom. The molecule has 0 aliphatic carbocycles. The number of nitrogens with zero attached hydrogens (tertiary/aromatic N) is 5. The Kier molecular flexibility index (Phi) is 4.22. The first-order valence-electron chi connectivity index (χ1n) is 8.99. The zero-order valence-electron chi connectivity index (χ0n) is 16.4. The average Bonchev–Trinajstić information content (AvgIpc) is 3.26. The van der Waals surface area contributed by atoms with Gasteiger partial charge in [0.05, 0.1) is 22.5 Å². The summed E-state index contributed by atoms with van der Waals surface area (Å²) >= 11 is 0. The van der Waals surface area contributed by atoms with Crippen molar-refractivity contribution in [1.29, 1.82) is 5.26 Å². The quantitative estimate of drug-likeness (QED) is 0.474. The zero-order chi connectivity index (χ0) is 21.8. The second kappa shape index (κ2) is 6.53. The summed E-state index contributed by atoms with van der Waals surface area (Å²) in [4.78, 5) is 13.1. The van der Waals surface area contributed by atoms with E-state index in [1.54, 1.807) is 27.0 Å². The maximum Gasteiger partial charge on any atom is 0.268 e. The highest BCUT2D eigenvalue weighted by Gasteiger charge is 2.25. The van der Waals surface area contributed by atoms with Crippen molar-refractivity contribution in [1.82, 2.24) is 24.5 Å². The van der Waals surface area contributed by atoms with E-state index in [1.165, 1.54) is 29.1 Å². The van der Waals surface area contributed by atoms with Gasteiger partial charge < -0.3 is 10.8 Å². The van der Waals surface area contributed by atoms with Gasteiger partial charge in [-0.25, -0.2) is 4.39 Å². The van der Waals surface area contributed by atoms with Gasteiger partial charge in [0.25, 0.3) is 5.56 Å². The fraction of sp³-hybridized carbons (Fsp3) is 0.200. The van der Waals surface area contributed by atoms with Gasteiger partial charge in [0.2, 0.25) is 0 Å². The lowest BCUT2D eigenvalue weighted by Crippen LogP contribution is -2.21. The number of anilines is 1. The molecule has 4 rings (SSSR count). The largest absolute Gasteiger partial charge is 0.384 e. The number of aliphatic hydroxyl groups is 1. The molecule has 0 saturated heterocycles. The van der Waals surface area contributed by atoms with Crippen LogP contribution in [-0.2, 0) is 12.6 Å². The van der Waals surface area contributed by atoms with Crippen LogP contribution in [0.2, 0.25) is 0 Å². The summed E-state index contributed by atoms with van der Waals surface area (Å²) in [6.45, 7) is 3.24. The second-order valence-electron chi connectivity index (χ2n) is 7.42. The summed E-state index contributed by atoms with van der Waals surface area (Å²) in [6, 6.07) is 7.54. The van der Waals surface area contributed by atoms with E-state index >= 15 is 0 Å². The molecular weight excluding hydrogens is 389 g/mol. The van der Waals surface area contributed by atoms with Crippen molar-refractivity contribution in [3.63, 3.8) is 0 Å². The number of fused-ring (bicyclic) bond motifs is 1. The number of halogens is 1. The molecule has 4 aromatic rings. The predicted octanol–water partition coefficient (Wildman–Crippen LogP) is 1.93. The van der Waals surface area contributed by atoms with E-state index in [2.05, 4.69) is 15.3 Å². The lowest BCUT2D eigenvalue weighted by atomic mass is 10.0. The van der Waals surface area contributed by atoms with Gasteiger partial charge in [-0.05, 0) is 32.0 Å². The van der Waals surface area contributed by atoms with Crippen molar-refractivity contribution >= 4 is 16.7 Å². The molecule has 0 unspecified atom stereocenters. The van der Waals surface area contributed by atoms with Gasteiger partial charge in [-0.3, -0.25) is 19.1 Å². The molecule has 0 aliphatic heterocycles. The number of nitrogens with two attached hydrogens (primary N) is 1. The van der Waals surface area contributed by atoms with E-state index in [9.17, 15) is 19.6 Å². The van der Waals surface area contributed by atoms with Crippen LogP contribution in [0.4, 0.5) is 10.2 Å². The Bertz CT molecular complexity index is 1400. The van der Waals surface area contributed by atoms with Crippen molar-refractivity contribution in [2.45, 2.75) is 19.4 Å². The first-order chi connectivity index (χ1) is 14.1. The Hall–Kier alpha value is -3.97. The lowest BCUT2D eigenvalue weighted by Gasteiger charge is -2.16. The number of pyridine rings is 1. The van der Waals surface area contributed by atoms with Crippen molar-refractivity contribution in [3.8, 4) is 23.0 Å². The van der Waals surface area contributed by atoms with Crippen LogP contribution in [0.25, 0.3) is 27.8 Å². The minimum atomic E-state index is -1.17. The topological polar surface area (TPSA) is 139 Å². The van der Waals surface area contributed by atoms with Gasteiger partial charge in [-0.2, -0.15) is 15.5 Å². The highest BCUT2D eigenvalue weighted by atomic mass is 19.1. The fourth-order valence-corrected chi connectivity index (χ4v) is 3.52. The molecule has 0 fully saturated rings. The minimum absolute atomic E-state index is 0.0114. The molecule has 152 valence electrons. The fourth-order valence-electron chi connectivity index (χ4n) is 3.52. The van der Waals surface area contributed by atoms with E-state index in [4.69, 9.17) is 5.73 Å². The van der Waals surface area contributed by atoms with Crippen LogP contribution in [0, 0.1) is 17.1 Å². The van der Waals surface area contributed by atoms with Crippen molar-refractivity contribution in [2.75, 3.05) is 5.73 Å². The first-order valence-corrected chi connectivity index (χ1v) is 8.99. The van der Waals surface area contributed by atoms with Crippen LogP contribution < -0.4 is 11.3 Å². The Balaban J connectivity index is 2.11. The third-order valence-corrected chi connectivity index (χ3v) is 4.89. The Labute approximate surface area is 169 Å². The molecule has 0 amide bonds. The molecule has 0 aliphatic rings. The van der Waals surface area contributed by atoms with Crippen LogP contribution in [0.15, 0.2) is 35.3 Å². The molecule has 0 atom stereocenters. The number of aryl methyl sites for hydroxylation is 1. The third kappa shape index (κ3) is 2.84. The Morgan fingerprint density at radius 2 is 2.10 bits per heavy atom. The Morgan fingerprint density at radius 1 is 1.37 bits per heavy atom. The summed E-state index contributed by atoms with van der Waals surface area (Å²) in [6.07, 6.45) is 1.39. The zero-order valence-corrected chi connectivity index (χ0v) is 16.4. The standard InChI is InChI=1S/C20H18FN7O2/c1-20(2,30)14-7-13(26-27(14)3)11-9-28(17-10(8-22)5-4-6-12(17)21)19(29)15-16(11)24-25-18(15)23/h4-7,9,30H,1-3H3,(H3,23,24,25). The highest BCUT2D eigenvalue weighted by molar-refractivity contribution is 5.97. The molecule has 0 saturated carbocycles. The minimum Gasteiger partial charge on any atom is -0.384 e. The molecule has 3 aromatic heterocycles. The van der Waals surface area contributed by atoms with E-state index in [1.807, 2.05) is 6.07 Å². The predicted molar refractivity (Wildman–Crippen MR) is 108 cm³/mol. The molecule has 9 nitrogen and oxygen atoms in total. The number of para-hydroxylation sites is 1. The summed E-state index contributed by atoms with van der Waals surface area (Å²) in [5, 5.41) is 30.9. The van der Waals surface area contributed by atoms with E-state index in [-0.39, 0.29) is 22.5 Å². The summed E-state index contributed by atoms with van der Waals surface area (Å²) < 4.78 is 17.2. The van der Waals surface area contributed by atoms with Crippen LogP contribution in [0.5, 0.6) is 0 Å². The maximum atomic E-state index is 14.7. The van der Waals surface area contributed by atoms with Crippen LogP contribution in [0.1, 0.15) is 25.1 Å². The highest BCUT2D eigenvalue weighted by Crippen LogP contribution is 2.31.